The summed E-state index contributed by atoms with van der Waals surface area (Å²) in [4.78, 5) is 4.93. The van der Waals surface area contributed by atoms with E-state index in [2.05, 4.69) is 35.5 Å². The SMILES string of the molecule is [N-]=[N+]=Nc1cc(N=[N+]=[N-])nnn1. The van der Waals surface area contributed by atoms with Crippen LogP contribution in [-0.2, 0) is 0 Å². The summed E-state index contributed by atoms with van der Waals surface area (Å²) >= 11 is 0. The highest BCUT2D eigenvalue weighted by Gasteiger charge is 1.93. The molecule has 58 valence electrons. The molecule has 0 amide bonds. The molecule has 1 aromatic rings. The van der Waals surface area contributed by atoms with Crippen molar-refractivity contribution in [1.29, 1.82) is 0 Å². The van der Waals surface area contributed by atoms with Gasteiger partial charge in [-0.05, 0) is 32.6 Å². The topological polar surface area (TPSA) is 136 Å². The molecule has 0 spiro atoms. The van der Waals surface area contributed by atoms with Crippen molar-refractivity contribution in [1.82, 2.24) is 15.4 Å². The minimum atomic E-state index is 0.00917. The van der Waals surface area contributed by atoms with Gasteiger partial charge in [0.25, 0.3) is 0 Å². The molecule has 1 rings (SSSR count). The molecular weight excluding hydrogens is 162 g/mol. The number of azide groups is 2. The highest BCUT2D eigenvalue weighted by atomic mass is 15.4. The Labute approximate surface area is 65.3 Å². The lowest BCUT2D eigenvalue weighted by Gasteiger charge is -1.87. The highest BCUT2D eigenvalue weighted by molar-refractivity contribution is 5.36. The van der Waals surface area contributed by atoms with Gasteiger partial charge >= 0.3 is 0 Å². The lowest BCUT2D eigenvalue weighted by atomic mass is 10.6. The maximum absolute atomic E-state index is 8.01. The van der Waals surface area contributed by atoms with Crippen LogP contribution in [0.3, 0.4) is 0 Å². The zero-order valence-corrected chi connectivity index (χ0v) is 5.60. The van der Waals surface area contributed by atoms with Crippen molar-refractivity contribution in [3.8, 4) is 0 Å². The van der Waals surface area contributed by atoms with E-state index in [1.807, 2.05) is 0 Å². The van der Waals surface area contributed by atoms with Gasteiger partial charge in [0, 0.05) is 9.82 Å². The van der Waals surface area contributed by atoms with E-state index in [1.165, 1.54) is 6.07 Å². The van der Waals surface area contributed by atoms with Crippen LogP contribution in [0.15, 0.2) is 16.3 Å². The predicted molar refractivity (Wildman–Crippen MR) is 37.4 cm³/mol. The first kappa shape index (κ1) is 7.73. The summed E-state index contributed by atoms with van der Waals surface area (Å²) in [7, 11) is 0. The summed E-state index contributed by atoms with van der Waals surface area (Å²) in [5, 5.41) is 16.2. The molecule has 0 aromatic carbocycles. The van der Waals surface area contributed by atoms with Crippen LogP contribution in [0.25, 0.3) is 20.9 Å². The third-order valence-electron chi connectivity index (χ3n) is 0.847. The quantitative estimate of drug-likeness (QED) is 0.373. The van der Waals surface area contributed by atoms with Gasteiger partial charge in [-0.2, -0.15) is 0 Å². The van der Waals surface area contributed by atoms with Crippen molar-refractivity contribution in [2.24, 2.45) is 10.2 Å². The van der Waals surface area contributed by atoms with Crippen molar-refractivity contribution in [2.45, 2.75) is 0 Å². The maximum Gasteiger partial charge on any atom is 0.153 e. The van der Waals surface area contributed by atoms with Crippen molar-refractivity contribution < 1.29 is 0 Å². The first-order chi connectivity index (χ1) is 5.86. The monoisotopic (exact) mass is 163 g/mol. The summed E-state index contributed by atoms with van der Waals surface area (Å²) < 4.78 is 0. The molecule has 9 nitrogen and oxygen atoms in total. The molecule has 0 saturated heterocycles. The van der Waals surface area contributed by atoms with Gasteiger partial charge in [0.2, 0.25) is 0 Å². The van der Waals surface area contributed by atoms with E-state index in [4.69, 9.17) is 11.1 Å². The molecule has 0 saturated carbocycles. The van der Waals surface area contributed by atoms with E-state index >= 15 is 0 Å². The van der Waals surface area contributed by atoms with Gasteiger partial charge in [0.1, 0.15) is 0 Å². The Bertz CT molecular complexity index is 336. The Morgan fingerprint density at radius 3 is 2.00 bits per heavy atom. The first-order valence-corrected chi connectivity index (χ1v) is 2.67. The number of hydrogen-bond acceptors (Lipinski definition) is 5. The summed E-state index contributed by atoms with van der Waals surface area (Å²) in [6, 6.07) is 1.21. The van der Waals surface area contributed by atoms with E-state index in [0.717, 1.165) is 0 Å². The van der Waals surface area contributed by atoms with Gasteiger partial charge in [0.05, 0.1) is 0 Å². The molecule has 1 heterocycles. The standard InChI is InChI=1S/C3HN9/c4-10-6-2-1-3(7-11-5)9-12-8-2/h1H. The van der Waals surface area contributed by atoms with E-state index in [1.54, 1.807) is 0 Å². The average Bonchev–Trinajstić information content (AvgIpc) is 2.06. The van der Waals surface area contributed by atoms with Gasteiger partial charge in [-0.3, -0.25) is 0 Å². The molecule has 0 aliphatic rings. The molecule has 9 heteroatoms. The molecule has 0 atom stereocenters. The van der Waals surface area contributed by atoms with Gasteiger partial charge in [-0.15, -0.1) is 10.2 Å². The fourth-order valence-electron chi connectivity index (χ4n) is 0.477. The fraction of sp³-hybridized carbons (Fsp3) is 0. The van der Waals surface area contributed by atoms with Crippen molar-refractivity contribution in [2.75, 3.05) is 0 Å². The largest absolute Gasteiger partial charge is 0.153 e. The molecule has 0 unspecified atom stereocenters. The second-order valence-electron chi connectivity index (χ2n) is 1.53. The van der Waals surface area contributed by atoms with Crippen LogP contribution in [0.2, 0.25) is 0 Å². The van der Waals surface area contributed by atoms with Crippen molar-refractivity contribution >= 4 is 11.6 Å². The molecule has 0 aliphatic heterocycles. The first-order valence-electron chi connectivity index (χ1n) is 2.67. The van der Waals surface area contributed by atoms with Crippen LogP contribution in [0.4, 0.5) is 11.6 Å². The molecule has 0 N–H and O–H groups in total. The highest BCUT2D eigenvalue weighted by Crippen LogP contribution is 2.12. The zero-order chi connectivity index (χ0) is 8.81. The van der Waals surface area contributed by atoms with Crippen LogP contribution in [0.5, 0.6) is 0 Å². The fourth-order valence-corrected chi connectivity index (χ4v) is 0.477. The lowest BCUT2D eigenvalue weighted by Crippen LogP contribution is -1.83. The van der Waals surface area contributed by atoms with Crippen LogP contribution >= 0.6 is 0 Å². The van der Waals surface area contributed by atoms with Gasteiger partial charge in [-0.1, -0.05) is 0 Å². The molecule has 0 aliphatic carbocycles. The summed E-state index contributed by atoms with van der Waals surface area (Å²) in [5.41, 5.74) is 16.0. The second kappa shape index (κ2) is 3.71. The Morgan fingerprint density at radius 1 is 1.08 bits per heavy atom. The van der Waals surface area contributed by atoms with Crippen LogP contribution in [-0.4, -0.2) is 15.4 Å². The Hall–Kier alpha value is -2.37. The van der Waals surface area contributed by atoms with Crippen LogP contribution < -0.4 is 0 Å². The third kappa shape index (κ3) is 1.81. The Balaban J connectivity index is 3.11. The van der Waals surface area contributed by atoms with Crippen molar-refractivity contribution in [3.63, 3.8) is 0 Å². The smallest absolute Gasteiger partial charge is 0.128 e. The molecule has 12 heavy (non-hydrogen) atoms. The van der Waals surface area contributed by atoms with E-state index in [-0.39, 0.29) is 11.6 Å². The number of nitrogens with zero attached hydrogens (tertiary/aromatic N) is 9. The zero-order valence-electron chi connectivity index (χ0n) is 5.60. The van der Waals surface area contributed by atoms with E-state index < -0.39 is 0 Å². The van der Waals surface area contributed by atoms with Gasteiger partial charge < -0.3 is 0 Å². The maximum atomic E-state index is 8.01. The minimum absolute atomic E-state index is 0.00917. The number of aromatic nitrogens is 3. The molecule has 0 fully saturated rings. The minimum Gasteiger partial charge on any atom is -0.128 e. The summed E-state index contributed by atoms with van der Waals surface area (Å²) in [6.07, 6.45) is 0. The van der Waals surface area contributed by atoms with Gasteiger partial charge in [-0.25, -0.2) is 0 Å². The van der Waals surface area contributed by atoms with E-state index in [0.29, 0.717) is 0 Å². The molecule has 0 radical (unpaired) electrons. The number of rotatable bonds is 2. The Kier molecular flexibility index (Phi) is 2.39. The third-order valence-corrected chi connectivity index (χ3v) is 0.847. The Morgan fingerprint density at radius 2 is 1.58 bits per heavy atom. The van der Waals surface area contributed by atoms with Crippen molar-refractivity contribution in [3.05, 3.63) is 27.0 Å². The summed E-state index contributed by atoms with van der Waals surface area (Å²) in [5.74, 6) is 0.0183. The summed E-state index contributed by atoms with van der Waals surface area (Å²) in [6.45, 7) is 0. The normalized spacial score (nSPS) is 8.00. The lowest BCUT2D eigenvalue weighted by molar-refractivity contribution is 0.863. The average molecular weight is 163 g/mol. The second-order valence-corrected chi connectivity index (χ2v) is 1.53. The number of hydrogen-bond donors (Lipinski definition) is 0. The molecule has 0 bridgehead atoms. The van der Waals surface area contributed by atoms with Crippen LogP contribution in [0, 0.1) is 0 Å². The van der Waals surface area contributed by atoms with Gasteiger partial charge in [0.15, 0.2) is 11.6 Å². The molecule has 1 aromatic heterocycles. The predicted octanol–water partition coefficient (Wildman–Crippen LogP) is 1.76. The van der Waals surface area contributed by atoms with Crippen LogP contribution in [0.1, 0.15) is 0 Å². The van der Waals surface area contributed by atoms with E-state index in [9.17, 15) is 0 Å². The molecular formula is C3HN9.